The van der Waals surface area contributed by atoms with Crippen molar-refractivity contribution in [2.45, 2.75) is 26.3 Å². The van der Waals surface area contributed by atoms with Crippen LogP contribution in [0, 0.1) is 5.92 Å². The summed E-state index contributed by atoms with van der Waals surface area (Å²) in [5.41, 5.74) is 2.10. The molecule has 0 aromatic heterocycles. The molecule has 24 heavy (non-hydrogen) atoms. The number of carbonyl (C=O) groups excluding carboxylic acids is 1. The van der Waals surface area contributed by atoms with Crippen LogP contribution in [0.4, 0.5) is 0 Å². The predicted molar refractivity (Wildman–Crippen MR) is 98.8 cm³/mol. The number of hydrogen-bond donors (Lipinski definition) is 1. The Morgan fingerprint density at radius 2 is 1.75 bits per heavy atom. The van der Waals surface area contributed by atoms with Gasteiger partial charge in [0.25, 0.3) is 0 Å². The summed E-state index contributed by atoms with van der Waals surface area (Å²) >= 11 is 0. The van der Waals surface area contributed by atoms with E-state index in [0.29, 0.717) is 5.92 Å². The molecule has 0 bridgehead atoms. The summed E-state index contributed by atoms with van der Waals surface area (Å²) < 4.78 is 5.13. The largest absolute Gasteiger partial charge is 0.497 e. The average Bonchev–Trinajstić information content (AvgIpc) is 2.60. The van der Waals surface area contributed by atoms with Crippen LogP contribution in [0.25, 0.3) is 6.08 Å². The van der Waals surface area contributed by atoms with Crippen LogP contribution < -0.4 is 10.1 Å². The quantitative estimate of drug-likeness (QED) is 0.756. The molecular formula is C21H25NO2. The number of amides is 1. The highest BCUT2D eigenvalue weighted by molar-refractivity contribution is 5.92. The number of rotatable bonds is 7. The number of methoxy groups -OCH3 is 1. The van der Waals surface area contributed by atoms with Crippen molar-refractivity contribution in [1.82, 2.24) is 5.32 Å². The predicted octanol–water partition coefficient (Wildman–Crippen LogP) is 4.61. The topological polar surface area (TPSA) is 38.3 Å². The number of nitrogens with one attached hydrogen (secondary N) is 1. The van der Waals surface area contributed by atoms with Crippen molar-refractivity contribution in [1.29, 1.82) is 0 Å². The Balaban J connectivity index is 2.02. The molecule has 126 valence electrons. The van der Waals surface area contributed by atoms with Crippen LogP contribution in [-0.2, 0) is 4.79 Å². The second-order valence-corrected chi connectivity index (χ2v) is 6.21. The van der Waals surface area contributed by atoms with Gasteiger partial charge in [0.15, 0.2) is 0 Å². The van der Waals surface area contributed by atoms with Crippen molar-refractivity contribution >= 4 is 12.0 Å². The lowest BCUT2D eigenvalue weighted by Crippen LogP contribution is -2.27. The van der Waals surface area contributed by atoms with Crippen LogP contribution in [0.15, 0.2) is 60.7 Å². The third-order valence-electron chi connectivity index (χ3n) is 3.77. The van der Waals surface area contributed by atoms with E-state index in [1.54, 1.807) is 13.2 Å². The van der Waals surface area contributed by atoms with Crippen molar-refractivity contribution in [2.24, 2.45) is 5.92 Å². The van der Waals surface area contributed by atoms with Gasteiger partial charge in [0, 0.05) is 6.08 Å². The summed E-state index contributed by atoms with van der Waals surface area (Å²) in [6.45, 7) is 4.32. The van der Waals surface area contributed by atoms with Gasteiger partial charge in [0.05, 0.1) is 13.2 Å². The second kappa shape index (κ2) is 8.92. The zero-order valence-electron chi connectivity index (χ0n) is 14.5. The Labute approximate surface area is 144 Å². The Bertz CT molecular complexity index is 660. The first-order chi connectivity index (χ1) is 11.6. The van der Waals surface area contributed by atoms with E-state index in [1.807, 2.05) is 48.5 Å². The number of ether oxygens (including phenoxy) is 1. The van der Waals surface area contributed by atoms with E-state index in [2.05, 4.69) is 31.3 Å². The Morgan fingerprint density at radius 1 is 1.08 bits per heavy atom. The van der Waals surface area contributed by atoms with Gasteiger partial charge in [-0.1, -0.05) is 56.3 Å². The van der Waals surface area contributed by atoms with Crippen LogP contribution in [-0.4, -0.2) is 13.0 Å². The molecule has 0 fully saturated rings. The average molecular weight is 323 g/mol. The molecule has 0 heterocycles. The second-order valence-electron chi connectivity index (χ2n) is 6.21. The Hall–Kier alpha value is -2.55. The zero-order valence-corrected chi connectivity index (χ0v) is 14.5. The van der Waals surface area contributed by atoms with Crippen molar-refractivity contribution in [2.75, 3.05) is 7.11 Å². The van der Waals surface area contributed by atoms with Gasteiger partial charge in [-0.15, -0.1) is 0 Å². The SMILES string of the molecule is COc1ccc(/C=C/C(=O)NC(CC(C)C)c2ccccc2)cc1. The van der Waals surface area contributed by atoms with Crippen LogP contribution in [0.3, 0.4) is 0 Å². The normalized spacial score (nSPS) is 12.3. The minimum Gasteiger partial charge on any atom is -0.497 e. The molecule has 3 nitrogen and oxygen atoms in total. The maximum absolute atomic E-state index is 12.3. The van der Waals surface area contributed by atoms with Crippen molar-refractivity contribution in [3.05, 3.63) is 71.8 Å². The van der Waals surface area contributed by atoms with E-state index < -0.39 is 0 Å². The summed E-state index contributed by atoms with van der Waals surface area (Å²) in [6.07, 6.45) is 4.30. The lowest BCUT2D eigenvalue weighted by atomic mass is 9.97. The van der Waals surface area contributed by atoms with Crippen LogP contribution in [0.5, 0.6) is 5.75 Å². The molecule has 1 N–H and O–H groups in total. The first kappa shape index (κ1) is 17.8. The molecule has 3 heteroatoms. The summed E-state index contributed by atoms with van der Waals surface area (Å²) in [7, 11) is 1.64. The maximum Gasteiger partial charge on any atom is 0.244 e. The van der Waals surface area contributed by atoms with Crippen molar-refractivity contribution < 1.29 is 9.53 Å². The van der Waals surface area contributed by atoms with Gasteiger partial charge < -0.3 is 10.1 Å². The maximum atomic E-state index is 12.3. The van der Waals surface area contributed by atoms with Gasteiger partial charge in [-0.05, 0) is 41.7 Å². The van der Waals surface area contributed by atoms with E-state index in [4.69, 9.17) is 4.74 Å². The highest BCUT2D eigenvalue weighted by Gasteiger charge is 2.14. The monoisotopic (exact) mass is 323 g/mol. The molecule has 0 saturated carbocycles. The molecule has 2 aromatic carbocycles. The van der Waals surface area contributed by atoms with E-state index in [-0.39, 0.29) is 11.9 Å². The standard InChI is InChI=1S/C21H25NO2/c1-16(2)15-20(18-7-5-4-6-8-18)22-21(23)14-11-17-9-12-19(24-3)13-10-17/h4-14,16,20H,15H2,1-3H3,(H,22,23)/b14-11+. The first-order valence-electron chi connectivity index (χ1n) is 8.26. The van der Waals surface area contributed by atoms with Crippen molar-refractivity contribution in [3.8, 4) is 5.75 Å². The van der Waals surface area contributed by atoms with E-state index >= 15 is 0 Å². The molecule has 1 atom stereocenters. The summed E-state index contributed by atoms with van der Waals surface area (Å²) in [5, 5.41) is 3.11. The van der Waals surface area contributed by atoms with Crippen LogP contribution >= 0.6 is 0 Å². The van der Waals surface area contributed by atoms with Gasteiger partial charge in [-0.2, -0.15) is 0 Å². The van der Waals surface area contributed by atoms with Crippen LogP contribution in [0.1, 0.15) is 37.4 Å². The molecule has 0 spiro atoms. The number of hydrogen-bond acceptors (Lipinski definition) is 2. The van der Waals surface area contributed by atoms with E-state index in [9.17, 15) is 4.79 Å². The van der Waals surface area contributed by atoms with E-state index in [0.717, 1.165) is 23.3 Å². The lowest BCUT2D eigenvalue weighted by molar-refractivity contribution is -0.117. The third kappa shape index (κ3) is 5.58. The molecule has 2 aromatic rings. The molecular weight excluding hydrogens is 298 g/mol. The molecule has 0 aliphatic carbocycles. The summed E-state index contributed by atoms with van der Waals surface area (Å²) in [5.74, 6) is 1.22. The van der Waals surface area contributed by atoms with Crippen molar-refractivity contribution in [3.63, 3.8) is 0 Å². The molecule has 0 radical (unpaired) electrons. The minimum absolute atomic E-state index is 0.0271. The van der Waals surface area contributed by atoms with Gasteiger partial charge in [0.2, 0.25) is 5.91 Å². The lowest BCUT2D eigenvalue weighted by Gasteiger charge is -2.20. The summed E-state index contributed by atoms with van der Waals surface area (Å²) in [4.78, 5) is 12.3. The van der Waals surface area contributed by atoms with Crippen LogP contribution in [0.2, 0.25) is 0 Å². The fraction of sp³-hybridized carbons (Fsp3) is 0.286. The fourth-order valence-corrected chi connectivity index (χ4v) is 2.54. The number of carbonyl (C=O) groups is 1. The first-order valence-corrected chi connectivity index (χ1v) is 8.26. The minimum atomic E-state index is -0.0830. The third-order valence-corrected chi connectivity index (χ3v) is 3.77. The highest BCUT2D eigenvalue weighted by Crippen LogP contribution is 2.21. The molecule has 0 aliphatic rings. The molecule has 1 unspecified atom stereocenters. The smallest absolute Gasteiger partial charge is 0.244 e. The highest BCUT2D eigenvalue weighted by atomic mass is 16.5. The van der Waals surface area contributed by atoms with E-state index in [1.165, 1.54) is 0 Å². The molecule has 2 rings (SSSR count). The zero-order chi connectivity index (χ0) is 17.4. The molecule has 0 saturated heterocycles. The molecule has 1 amide bonds. The van der Waals surface area contributed by atoms with Gasteiger partial charge >= 0.3 is 0 Å². The molecule has 0 aliphatic heterocycles. The van der Waals surface area contributed by atoms with Gasteiger partial charge in [-0.25, -0.2) is 0 Å². The number of benzene rings is 2. The van der Waals surface area contributed by atoms with Gasteiger partial charge in [-0.3, -0.25) is 4.79 Å². The summed E-state index contributed by atoms with van der Waals surface area (Å²) in [6, 6.07) is 17.7. The Kier molecular flexibility index (Phi) is 6.62. The Morgan fingerprint density at radius 3 is 2.33 bits per heavy atom. The van der Waals surface area contributed by atoms with Gasteiger partial charge in [0.1, 0.15) is 5.75 Å². The fourth-order valence-electron chi connectivity index (χ4n) is 2.54.